The number of nitrogens with zero attached hydrogens (tertiary/aromatic N) is 1. The molecule has 0 aliphatic carbocycles. The maximum Gasteiger partial charge on any atom is 0.141 e. The molecule has 0 spiro atoms. The lowest BCUT2D eigenvalue weighted by Crippen LogP contribution is -1.98. The summed E-state index contributed by atoms with van der Waals surface area (Å²) in [5, 5.41) is 0.562. The van der Waals surface area contributed by atoms with Crippen molar-refractivity contribution < 1.29 is 9.13 Å². The van der Waals surface area contributed by atoms with E-state index in [0.29, 0.717) is 16.5 Å². The predicted octanol–water partition coefficient (Wildman–Crippen LogP) is 3.76. The van der Waals surface area contributed by atoms with E-state index in [4.69, 9.17) is 16.3 Å². The number of aromatic nitrogens is 1. The number of ether oxygens (including phenoxy) is 1. The van der Waals surface area contributed by atoms with Crippen LogP contribution in [0.25, 0.3) is 0 Å². The first-order chi connectivity index (χ1) is 8.15. The van der Waals surface area contributed by atoms with Crippen LogP contribution in [-0.4, -0.2) is 4.98 Å². The molecule has 0 unspecified atom stereocenters. The van der Waals surface area contributed by atoms with Crippen molar-refractivity contribution in [2.75, 3.05) is 0 Å². The van der Waals surface area contributed by atoms with Gasteiger partial charge in [0.25, 0.3) is 0 Å². The Balaban J connectivity index is 2.04. The first-order valence-corrected chi connectivity index (χ1v) is 5.52. The van der Waals surface area contributed by atoms with Crippen LogP contribution in [0.1, 0.15) is 11.3 Å². The van der Waals surface area contributed by atoms with Crippen LogP contribution in [0, 0.1) is 12.7 Å². The molecule has 2 aromatic rings. The molecule has 0 aliphatic rings. The van der Waals surface area contributed by atoms with Crippen LogP contribution in [0.3, 0.4) is 0 Å². The van der Waals surface area contributed by atoms with Gasteiger partial charge in [-0.05, 0) is 36.8 Å². The Morgan fingerprint density at radius 2 is 2.12 bits per heavy atom. The molecule has 0 amide bonds. The van der Waals surface area contributed by atoms with E-state index in [1.54, 1.807) is 12.1 Å². The van der Waals surface area contributed by atoms with Crippen molar-refractivity contribution in [2.24, 2.45) is 0 Å². The van der Waals surface area contributed by atoms with Gasteiger partial charge in [-0.1, -0.05) is 17.7 Å². The van der Waals surface area contributed by atoms with Gasteiger partial charge in [-0.25, -0.2) is 4.39 Å². The fourth-order valence-electron chi connectivity index (χ4n) is 1.37. The molecule has 0 aliphatic heterocycles. The Bertz CT molecular complexity index is 513. The second-order valence-corrected chi connectivity index (χ2v) is 4.10. The van der Waals surface area contributed by atoms with Crippen LogP contribution in [0.15, 0.2) is 36.5 Å². The first kappa shape index (κ1) is 11.9. The van der Waals surface area contributed by atoms with E-state index in [0.717, 1.165) is 11.8 Å². The monoisotopic (exact) mass is 251 g/mol. The summed E-state index contributed by atoms with van der Waals surface area (Å²) in [5.74, 6) is 0.241. The van der Waals surface area contributed by atoms with Crippen LogP contribution < -0.4 is 4.74 Å². The Kier molecular flexibility index (Phi) is 3.59. The zero-order valence-corrected chi connectivity index (χ0v) is 10.0. The second-order valence-electron chi connectivity index (χ2n) is 3.69. The molecule has 0 N–H and O–H groups in total. The standard InChI is InChI=1S/C13H11ClFNO/c1-9-2-5-13(12(14)6-9)17-8-11-4-3-10(15)7-16-11/h2-7H,8H2,1H3. The van der Waals surface area contributed by atoms with E-state index in [1.165, 1.54) is 6.07 Å². The van der Waals surface area contributed by atoms with E-state index in [1.807, 2.05) is 19.1 Å². The molecule has 1 aromatic heterocycles. The number of halogens is 2. The molecule has 0 radical (unpaired) electrons. The molecule has 88 valence electrons. The van der Waals surface area contributed by atoms with Gasteiger partial charge in [0.05, 0.1) is 16.9 Å². The maximum absolute atomic E-state index is 12.6. The number of aryl methyl sites for hydroxylation is 1. The molecule has 0 fully saturated rings. The smallest absolute Gasteiger partial charge is 0.141 e. The first-order valence-electron chi connectivity index (χ1n) is 5.14. The molecule has 0 atom stereocenters. The van der Waals surface area contributed by atoms with Crippen LogP contribution in [-0.2, 0) is 6.61 Å². The average Bonchev–Trinajstić information content (AvgIpc) is 2.30. The zero-order chi connectivity index (χ0) is 12.3. The highest BCUT2D eigenvalue weighted by Gasteiger charge is 2.02. The molecule has 2 rings (SSSR count). The van der Waals surface area contributed by atoms with Crippen LogP contribution in [0.2, 0.25) is 5.02 Å². The summed E-state index contributed by atoms with van der Waals surface area (Å²) in [6.07, 6.45) is 1.16. The fourth-order valence-corrected chi connectivity index (χ4v) is 1.66. The third kappa shape index (κ3) is 3.17. The predicted molar refractivity (Wildman–Crippen MR) is 64.7 cm³/mol. The van der Waals surface area contributed by atoms with Crippen molar-refractivity contribution in [3.63, 3.8) is 0 Å². The molecular weight excluding hydrogens is 241 g/mol. The molecule has 2 nitrogen and oxygen atoms in total. The normalized spacial score (nSPS) is 10.3. The highest BCUT2D eigenvalue weighted by molar-refractivity contribution is 6.32. The Labute approximate surface area is 104 Å². The highest BCUT2D eigenvalue weighted by atomic mass is 35.5. The van der Waals surface area contributed by atoms with Gasteiger partial charge in [0.15, 0.2) is 0 Å². The summed E-state index contributed by atoms with van der Waals surface area (Å²) in [4.78, 5) is 3.90. The topological polar surface area (TPSA) is 22.1 Å². The Hall–Kier alpha value is -1.61. The number of pyridine rings is 1. The third-order valence-electron chi connectivity index (χ3n) is 2.25. The number of hydrogen-bond donors (Lipinski definition) is 0. The number of benzene rings is 1. The number of hydrogen-bond acceptors (Lipinski definition) is 2. The zero-order valence-electron chi connectivity index (χ0n) is 9.28. The van der Waals surface area contributed by atoms with Gasteiger partial charge < -0.3 is 4.74 Å². The van der Waals surface area contributed by atoms with Crippen LogP contribution in [0.4, 0.5) is 4.39 Å². The van der Waals surface area contributed by atoms with Crippen molar-refractivity contribution in [1.82, 2.24) is 4.98 Å². The van der Waals surface area contributed by atoms with Crippen molar-refractivity contribution in [3.05, 3.63) is 58.6 Å². The van der Waals surface area contributed by atoms with Crippen LogP contribution >= 0.6 is 11.6 Å². The average molecular weight is 252 g/mol. The highest BCUT2D eigenvalue weighted by Crippen LogP contribution is 2.25. The number of rotatable bonds is 3. The molecule has 4 heteroatoms. The molecule has 1 heterocycles. The van der Waals surface area contributed by atoms with Crippen molar-refractivity contribution in [2.45, 2.75) is 13.5 Å². The molecule has 0 saturated heterocycles. The van der Waals surface area contributed by atoms with E-state index in [-0.39, 0.29) is 12.4 Å². The lowest BCUT2D eigenvalue weighted by molar-refractivity contribution is 0.301. The van der Waals surface area contributed by atoms with Gasteiger partial charge in [-0.15, -0.1) is 0 Å². The fraction of sp³-hybridized carbons (Fsp3) is 0.154. The van der Waals surface area contributed by atoms with Gasteiger partial charge >= 0.3 is 0 Å². The quantitative estimate of drug-likeness (QED) is 0.829. The lowest BCUT2D eigenvalue weighted by Gasteiger charge is -2.07. The van der Waals surface area contributed by atoms with E-state index < -0.39 is 0 Å². The minimum atomic E-state index is -0.359. The molecule has 1 aromatic carbocycles. The molecule has 0 bridgehead atoms. The van der Waals surface area contributed by atoms with E-state index in [9.17, 15) is 4.39 Å². The minimum absolute atomic E-state index is 0.267. The molecule has 0 saturated carbocycles. The summed E-state index contributed by atoms with van der Waals surface area (Å²) >= 11 is 6.02. The lowest BCUT2D eigenvalue weighted by atomic mass is 10.2. The van der Waals surface area contributed by atoms with Gasteiger partial charge in [0, 0.05) is 0 Å². The maximum atomic E-state index is 12.6. The largest absolute Gasteiger partial charge is 0.486 e. The van der Waals surface area contributed by atoms with E-state index >= 15 is 0 Å². The van der Waals surface area contributed by atoms with Crippen molar-refractivity contribution >= 4 is 11.6 Å². The Morgan fingerprint density at radius 3 is 2.76 bits per heavy atom. The summed E-state index contributed by atoms with van der Waals surface area (Å²) in [6, 6.07) is 8.48. The van der Waals surface area contributed by atoms with Gasteiger partial charge in [-0.3, -0.25) is 4.98 Å². The summed E-state index contributed by atoms with van der Waals surface area (Å²) in [6.45, 7) is 2.22. The molecular formula is C13H11ClFNO. The molecule has 17 heavy (non-hydrogen) atoms. The van der Waals surface area contributed by atoms with Gasteiger partial charge in [-0.2, -0.15) is 0 Å². The van der Waals surface area contributed by atoms with Gasteiger partial charge in [0.2, 0.25) is 0 Å². The summed E-state index contributed by atoms with van der Waals surface area (Å²) < 4.78 is 18.1. The van der Waals surface area contributed by atoms with Crippen LogP contribution in [0.5, 0.6) is 5.75 Å². The van der Waals surface area contributed by atoms with Gasteiger partial charge in [0.1, 0.15) is 18.2 Å². The summed E-state index contributed by atoms with van der Waals surface area (Å²) in [5.41, 5.74) is 1.73. The third-order valence-corrected chi connectivity index (χ3v) is 2.55. The second kappa shape index (κ2) is 5.15. The Morgan fingerprint density at radius 1 is 1.29 bits per heavy atom. The SMILES string of the molecule is Cc1ccc(OCc2ccc(F)cn2)c(Cl)c1. The summed E-state index contributed by atoms with van der Waals surface area (Å²) in [7, 11) is 0. The van der Waals surface area contributed by atoms with E-state index in [2.05, 4.69) is 4.98 Å². The van der Waals surface area contributed by atoms with Crippen molar-refractivity contribution in [1.29, 1.82) is 0 Å². The van der Waals surface area contributed by atoms with Crippen molar-refractivity contribution in [3.8, 4) is 5.75 Å². The minimum Gasteiger partial charge on any atom is -0.486 e.